The number of hydrogen-bond acceptors (Lipinski definition) is 74. The van der Waals surface area contributed by atoms with Gasteiger partial charge in [0.1, 0.15) is 85.5 Å². The van der Waals surface area contributed by atoms with Gasteiger partial charge in [-0.3, -0.25) is 62.7 Å². The van der Waals surface area contributed by atoms with Crippen LogP contribution in [0, 0.1) is 0 Å². The van der Waals surface area contributed by atoms with Crippen LogP contribution < -0.4 is 473 Å². The second kappa shape index (κ2) is 75.7. The maximum atomic E-state index is 13.2. The molecule has 0 spiro atoms. The largest absolute Gasteiger partial charge is 1.00 e. The van der Waals surface area contributed by atoms with Crippen LogP contribution in [0.25, 0.3) is 0 Å². The van der Waals surface area contributed by atoms with Crippen molar-refractivity contribution in [1.82, 2.24) is 0 Å². The second-order valence-corrected chi connectivity index (χ2v) is 40.3. The van der Waals surface area contributed by atoms with Crippen molar-refractivity contribution in [3.8, 4) is 0 Å². The normalized spacial score (nSPS) is 28.6. The van der Waals surface area contributed by atoms with Gasteiger partial charge < -0.3 is 120 Å². The molecule has 0 amide bonds. The SMILES string of the molecule is CCCCCCCCO[C@H]1O[C@H](OS(=O)(=O)[O-])[C@@H](OS(=O)(=O)[O-])[C@H](OS(=O)(=O)[O-])[C@@H]1O[C@H]1O[C@H](COS(=O)(=O)[O-])[C@@H](OS(=O)(=O)[O-])[C@H](O[C@H]2O[C@H](COS(=O)(=O)[O-])[C@@H](OS(=O)(=O)[O-])[C@H](O[C@H]3O[C@H](COS(=O)(=O)[O-])[C@@H](OS(=O)(=O)[O-])[C@H](O[C@H]4O[C@H](COS(=O)(=O)[O-])[C@@H](OS(=O)(=O)[O-])[C@H](OS(=O)(=O)[O-])[C@@H]4OS(=O)(=O)[O-])[C@@H]3OS(=O)(=O)[O-])[C@@H]2OS(=O)(=O)[O-])[C@@H]1OS(=O)(=O)[O-].[Na+].[Na+].[Na+].[Na+].[Na+].[Na+].[Na+].[Na+].[Na+].[Na+].[Na+].[Na+].[Na+].[Na+].[Na+].[Na+]. The van der Waals surface area contributed by atoms with Crippen LogP contribution in [-0.2, 0) is 281 Å². The first-order valence-electron chi connectivity index (χ1n) is 31.4. The summed E-state index contributed by atoms with van der Waals surface area (Å²) in [6, 6.07) is 0. The van der Waals surface area contributed by atoms with Crippen LogP contribution >= 0.6 is 0 Å². The Labute approximate surface area is 1170 Å². The monoisotopic (exact) mass is 2560 g/mol. The minimum atomic E-state index is -7.47. The molecule has 0 unspecified atom stereocenters. The first kappa shape index (κ1) is 181. The van der Waals surface area contributed by atoms with Gasteiger partial charge in [-0.2, -0.15) is 0 Å². The zero-order chi connectivity index (χ0) is 97.6. The van der Waals surface area contributed by atoms with Crippen molar-refractivity contribution in [2.45, 2.75) is 199 Å². The van der Waals surface area contributed by atoms with E-state index in [9.17, 15) is 208 Å². The third kappa shape index (κ3) is 74.0. The number of ether oxygens (including phenoxy) is 10. The minimum Gasteiger partial charge on any atom is -0.726 e. The van der Waals surface area contributed by atoms with Crippen LogP contribution in [0.1, 0.15) is 45.4 Å². The Hall–Kier alpha value is 13.5. The van der Waals surface area contributed by atoms with Gasteiger partial charge in [0, 0.05) is 6.61 Å². The van der Waals surface area contributed by atoms with E-state index >= 15 is 0 Å². The van der Waals surface area contributed by atoms with Gasteiger partial charge in [-0.25, -0.2) is 139 Å². The molecule has 25 atom stereocenters. The molecule has 106 heteroatoms. The van der Waals surface area contributed by atoms with Crippen molar-refractivity contribution < 1.29 is 795 Å². The van der Waals surface area contributed by atoms with Crippen molar-refractivity contribution in [3.63, 3.8) is 0 Å². The van der Waals surface area contributed by atoms with Gasteiger partial charge in [-0.1, -0.05) is 39.0 Å². The van der Waals surface area contributed by atoms with E-state index in [1.165, 1.54) is 0 Å². The molecule has 0 aromatic carbocycles. The Kier molecular flexibility index (Phi) is 95.9. The van der Waals surface area contributed by atoms with Crippen LogP contribution in [0.3, 0.4) is 0 Å². The van der Waals surface area contributed by atoms with E-state index in [1.807, 2.05) is 0 Å². The van der Waals surface area contributed by atoms with Gasteiger partial charge in [0.25, 0.3) is 0 Å². The molecular formula is C37H50Na16O74S16. The minimum absolute atomic E-state index is 0. The molecule has 0 aliphatic carbocycles. The van der Waals surface area contributed by atoms with Gasteiger partial charge >= 0.3 is 473 Å². The van der Waals surface area contributed by atoms with Crippen molar-refractivity contribution in [1.29, 1.82) is 0 Å². The summed E-state index contributed by atoms with van der Waals surface area (Å²) in [4.78, 5) is 0. The molecule has 0 N–H and O–H groups in total. The van der Waals surface area contributed by atoms with E-state index in [0.717, 1.165) is 0 Å². The summed E-state index contributed by atoms with van der Waals surface area (Å²) in [6.07, 6.45) is -100. The maximum absolute atomic E-state index is 13.2. The van der Waals surface area contributed by atoms with Gasteiger partial charge in [0.15, 0.2) is 62.0 Å². The molecule has 143 heavy (non-hydrogen) atoms. The van der Waals surface area contributed by atoms with Gasteiger partial charge in [0.05, 0.1) is 26.4 Å². The summed E-state index contributed by atoms with van der Waals surface area (Å²) in [5.41, 5.74) is 0. The van der Waals surface area contributed by atoms with Gasteiger partial charge in [-0.05, 0) is 6.42 Å². The quantitative estimate of drug-likeness (QED) is 0.0236. The third-order valence-electron chi connectivity index (χ3n) is 15.0. The Morgan fingerprint density at radius 2 is 0.343 bits per heavy atom. The van der Waals surface area contributed by atoms with Crippen molar-refractivity contribution in [2.75, 3.05) is 33.0 Å². The average molecular weight is 2560 g/mol. The summed E-state index contributed by atoms with van der Waals surface area (Å²) >= 11 is 0. The molecule has 5 fully saturated rings. The maximum Gasteiger partial charge on any atom is 1.00 e. The average Bonchev–Trinajstić information content (AvgIpc) is 0.739. The fraction of sp³-hybridized carbons (Fsp3) is 1.00. The fourth-order valence-corrected chi connectivity index (χ4v) is 18.2. The third-order valence-corrected chi connectivity index (χ3v) is 22.2. The fourth-order valence-electron chi connectivity index (χ4n) is 11.2. The molecule has 74 nitrogen and oxygen atoms in total. The molecule has 5 heterocycles. The number of rotatable bonds is 52. The van der Waals surface area contributed by atoms with Crippen molar-refractivity contribution in [2.24, 2.45) is 0 Å². The molecule has 5 rings (SSSR count). The Morgan fingerprint density at radius 1 is 0.175 bits per heavy atom. The molecule has 5 aliphatic heterocycles. The van der Waals surface area contributed by atoms with E-state index < -0.39 is 360 Å². The second-order valence-electron chi connectivity index (χ2n) is 24.0. The summed E-state index contributed by atoms with van der Waals surface area (Å²) in [6.45, 7) is -10.0. The van der Waals surface area contributed by atoms with Gasteiger partial charge in [-0.15, -0.1) is 0 Å². The Balaban J connectivity index is -0.00000107. The van der Waals surface area contributed by atoms with E-state index in [1.54, 1.807) is 6.92 Å². The zero-order valence-corrected chi connectivity index (χ0v) is 121. The van der Waals surface area contributed by atoms with Crippen LogP contribution in [0.4, 0.5) is 0 Å². The first-order chi connectivity index (χ1) is 56.8. The smallest absolute Gasteiger partial charge is 0.726 e. The van der Waals surface area contributed by atoms with Gasteiger partial charge in [0.2, 0.25) is 173 Å². The van der Waals surface area contributed by atoms with Crippen LogP contribution in [0.2, 0.25) is 0 Å². The van der Waals surface area contributed by atoms with E-state index in [4.69, 9.17) is 47.4 Å². The predicted molar refractivity (Wildman–Crippen MR) is 336 cm³/mol. The Morgan fingerprint density at radius 3 is 0.552 bits per heavy atom. The Bertz CT molecular complexity index is 5780. The molecular weight excluding hydrogens is 2510 g/mol. The predicted octanol–water partition coefficient (Wildman–Crippen LogP) is -64.8. The first-order valence-corrected chi connectivity index (χ1v) is 52.8. The van der Waals surface area contributed by atoms with Crippen molar-refractivity contribution in [3.05, 3.63) is 0 Å². The molecule has 0 saturated carbocycles. The summed E-state index contributed by atoms with van der Waals surface area (Å²) in [7, 11) is -112. The van der Waals surface area contributed by atoms with Crippen molar-refractivity contribution >= 4 is 166 Å². The molecule has 5 aliphatic rings. The molecule has 0 aromatic rings. The van der Waals surface area contributed by atoms with E-state index in [-0.39, 0.29) is 486 Å². The summed E-state index contributed by atoms with van der Waals surface area (Å²) in [5.74, 6) is 0. The molecule has 5 saturated heterocycles. The molecule has 0 aromatic heterocycles. The summed E-state index contributed by atoms with van der Waals surface area (Å²) in [5, 5.41) is 0. The number of unbranched alkanes of at least 4 members (excludes halogenated alkanes) is 5. The standard InChI is InChI=1S/C37H66O74S16.16Na/c1-2-3-4-5-6-7-8-86-32-26(25(105-121(65,66)67)31(110-126(80,81)82)37(99-32)111-127(83,84)85)98-35-29(108-124(74,75)76)23(19(102-118(56,57)58)15(93-35)11-89-114(44,45)46)96-33-27(106-122(68,69)70)21(17(100-116(50,51)52)13(91-33)9-87-112(38,39)40)95-34-28(107-123(71,72)73)22(18(101-117(53,54)55)14(92-34)10-88-113(41,42)43)97-36-30(109-125(77,78)79)24(104-120(62,63)64)20(103-119(59,60)61)16(94-36)12-90-115(47,48)49;;;;;;;;;;;;;;;;/h13-37H,2-12H2,1H3,(H,38,39,40)(H,41,42,43)(H,44,45,46)(H,47,48,49)(H,50,51,52)(H,53,54,55)(H,56,57,58)(H,59,60,61)(H,62,63,64)(H,65,66,67)(H,68,69,70)(H,71,72,73)(H,74,75,76)(H,77,78,79)(H,80,81,82)(H,83,84,85);;;;;;;;;;;;;;;;/q;16*+1/p-16/t13-,14-,15-,16-,17-,18-,19-,20-,21+,22+,23+,24+,25-,26+,27+,28+,29+,30+,31+,32+,33-,34-,35-,36-,37-;;;;;;;;;;;;;;;;/m1................/s1. The summed E-state index contributed by atoms with van der Waals surface area (Å²) < 4.78 is 716. The van der Waals surface area contributed by atoms with E-state index in [2.05, 4.69) is 66.9 Å². The topological polar surface area (TPSA) is 1160 Å². The van der Waals surface area contributed by atoms with Crippen LogP contribution in [0.15, 0.2) is 0 Å². The molecule has 754 valence electrons. The molecule has 0 radical (unpaired) electrons. The molecule has 0 bridgehead atoms. The van der Waals surface area contributed by atoms with Crippen LogP contribution in [-0.4, -0.2) is 394 Å². The zero-order valence-electron chi connectivity index (χ0n) is 76.0. The number of hydrogen-bond donors (Lipinski definition) is 0. The van der Waals surface area contributed by atoms with Crippen LogP contribution in [0.5, 0.6) is 0 Å². The van der Waals surface area contributed by atoms with E-state index in [0.29, 0.717) is 19.3 Å².